The van der Waals surface area contributed by atoms with Crippen molar-refractivity contribution >= 4 is 21.9 Å². The summed E-state index contributed by atoms with van der Waals surface area (Å²) in [5.74, 6) is -1.01. The Hall–Kier alpha value is -1.93. The maximum Gasteiger partial charge on any atom is 0.338 e. The van der Waals surface area contributed by atoms with Crippen molar-refractivity contribution in [2.45, 2.75) is 50.5 Å². The topological polar surface area (TPSA) is 92.8 Å². The summed E-state index contributed by atoms with van der Waals surface area (Å²) in [6.07, 6.45) is 3.53. The number of hydrogen-bond donors (Lipinski definition) is 1. The van der Waals surface area contributed by atoms with Crippen LogP contribution in [0.5, 0.6) is 0 Å². The molecule has 2 rings (SSSR count). The number of nitrogens with zero attached hydrogens (tertiary/aromatic N) is 1. The minimum Gasteiger partial charge on any atom is -0.452 e. The first-order valence-corrected chi connectivity index (χ1v) is 10.3. The number of hydrogen-bond acceptors (Lipinski definition) is 5. The molecule has 0 unspecified atom stereocenters. The highest BCUT2D eigenvalue weighted by Crippen LogP contribution is 2.21. The lowest BCUT2D eigenvalue weighted by molar-refractivity contribution is -0.124. The van der Waals surface area contributed by atoms with E-state index in [0.717, 1.165) is 25.7 Å². The fraction of sp³-hybridized carbons (Fsp3) is 0.556. The van der Waals surface area contributed by atoms with Crippen molar-refractivity contribution in [1.29, 1.82) is 0 Å². The molecule has 1 N–H and O–H groups in total. The van der Waals surface area contributed by atoms with Gasteiger partial charge >= 0.3 is 5.97 Å². The Labute approximate surface area is 154 Å². The normalized spacial score (nSPS) is 16.2. The molecule has 0 bridgehead atoms. The van der Waals surface area contributed by atoms with Gasteiger partial charge in [0.15, 0.2) is 6.61 Å². The zero-order valence-corrected chi connectivity index (χ0v) is 16.0. The number of rotatable bonds is 8. The number of esters is 1. The fourth-order valence-corrected chi connectivity index (χ4v) is 4.39. The van der Waals surface area contributed by atoms with E-state index in [-0.39, 0.29) is 29.0 Å². The zero-order valence-electron chi connectivity index (χ0n) is 15.2. The molecule has 0 aliphatic carbocycles. The minimum atomic E-state index is -3.51. The van der Waals surface area contributed by atoms with Crippen molar-refractivity contribution < 1.29 is 22.7 Å². The first-order chi connectivity index (χ1) is 12.3. The zero-order chi connectivity index (χ0) is 19.2. The molecule has 0 aromatic heterocycles. The van der Waals surface area contributed by atoms with E-state index in [9.17, 15) is 18.0 Å². The van der Waals surface area contributed by atoms with Crippen LogP contribution in [0.25, 0.3) is 0 Å². The van der Waals surface area contributed by atoms with Gasteiger partial charge in [0.2, 0.25) is 10.0 Å². The summed E-state index contributed by atoms with van der Waals surface area (Å²) in [6, 6.07) is 5.63. The van der Waals surface area contributed by atoms with Gasteiger partial charge in [-0.15, -0.1) is 0 Å². The van der Waals surface area contributed by atoms with Crippen LogP contribution in [-0.2, 0) is 19.6 Å². The largest absolute Gasteiger partial charge is 0.452 e. The summed E-state index contributed by atoms with van der Waals surface area (Å²) in [4.78, 5) is 23.9. The van der Waals surface area contributed by atoms with Crippen LogP contribution in [-0.4, -0.2) is 50.3 Å². The van der Waals surface area contributed by atoms with Crippen molar-refractivity contribution in [2.24, 2.45) is 0 Å². The Kier molecular flexibility index (Phi) is 7.16. The smallest absolute Gasteiger partial charge is 0.338 e. The van der Waals surface area contributed by atoms with Crippen LogP contribution < -0.4 is 5.32 Å². The number of sulfonamides is 1. The minimum absolute atomic E-state index is 0.0290. The van der Waals surface area contributed by atoms with E-state index in [0.29, 0.717) is 13.1 Å². The van der Waals surface area contributed by atoms with Crippen LogP contribution in [0.1, 0.15) is 49.9 Å². The second kappa shape index (κ2) is 9.14. The van der Waals surface area contributed by atoms with Gasteiger partial charge in [0.05, 0.1) is 10.5 Å². The second-order valence-corrected chi connectivity index (χ2v) is 8.41. The average molecular weight is 382 g/mol. The lowest BCUT2D eigenvalue weighted by Gasteiger charge is -2.15. The van der Waals surface area contributed by atoms with Crippen LogP contribution >= 0.6 is 0 Å². The van der Waals surface area contributed by atoms with E-state index in [1.54, 1.807) is 0 Å². The standard InChI is InChI=1S/C18H26N2O5S/c1-3-6-14(2)19-17(21)13-25-18(22)15-7-9-16(10-8-15)26(23,24)20-11-4-5-12-20/h7-10,14H,3-6,11-13H2,1-2H3,(H,19,21)/t14-/m0/s1. The Bertz CT molecular complexity index is 724. The van der Waals surface area contributed by atoms with Crippen LogP contribution in [0.3, 0.4) is 0 Å². The third kappa shape index (κ3) is 5.28. The first kappa shape index (κ1) is 20.4. The SMILES string of the molecule is CCC[C@H](C)NC(=O)COC(=O)c1ccc(S(=O)(=O)N2CCCC2)cc1. The molecule has 1 fully saturated rings. The van der Waals surface area contributed by atoms with Gasteiger partial charge < -0.3 is 10.1 Å². The molecule has 144 valence electrons. The number of amides is 1. The van der Waals surface area contributed by atoms with Gasteiger partial charge in [-0.25, -0.2) is 13.2 Å². The summed E-state index contributed by atoms with van der Waals surface area (Å²) in [5, 5.41) is 2.75. The molecule has 7 nitrogen and oxygen atoms in total. The first-order valence-electron chi connectivity index (χ1n) is 8.91. The number of carbonyl (C=O) groups is 2. The number of nitrogens with one attached hydrogen (secondary N) is 1. The highest BCUT2D eigenvalue weighted by Gasteiger charge is 2.27. The van der Waals surface area contributed by atoms with Gasteiger partial charge in [-0.2, -0.15) is 4.31 Å². The molecule has 1 atom stereocenters. The van der Waals surface area contributed by atoms with E-state index in [1.807, 2.05) is 13.8 Å². The summed E-state index contributed by atoms with van der Waals surface area (Å²) in [6.45, 7) is 4.61. The number of benzene rings is 1. The maximum absolute atomic E-state index is 12.4. The van der Waals surface area contributed by atoms with Crippen molar-refractivity contribution in [3.8, 4) is 0 Å². The summed E-state index contributed by atoms with van der Waals surface area (Å²) in [7, 11) is -3.51. The van der Waals surface area contributed by atoms with E-state index in [4.69, 9.17) is 4.74 Å². The third-order valence-corrected chi connectivity index (χ3v) is 6.17. The van der Waals surface area contributed by atoms with Crippen LogP contribution in [0.4, 0.5) is 0 Å². The van der Waals surface area contributed by atoms with E-state index in [1.165, 1.54) is 28.6 Å². The maximum atomic E-state index is 12.4. The Morgan fingerprint density at radius 1 is 1.19 bits per heavy atom. The van der Waals surface area contributed by atoms with Crippen molar-refractivity contribution in [2.75, 3.05) is 19.7 Å². The summed E-state index contributed by atoms with van der Waals surface area (Å²) in [5.41, 5.74) is 0.208. The molecular weight excluding hydrogens is 356 g/mol. The summed E-state index contributed by atoms with van der Waals surface area (Å²) < 4.78 is 31.3. The monoisotopic (exact) mass is 382 g/mol. The quantitative estimate of drug-likeness (QED) is 0.694. The third-order valence-electron chi connectivity index (χ3n) is 4.26. The molecule has 0 saturated carbocycles. The lowest BCUT2D eigenvalue weighted by atomic mass is 10.2. The van der Waals surface area contributed by atoms with Crippen molar-refractivity contribution in [1.82, 2.24) is 9.62 Å². The van der Waals surface area contributed by atoms with Crippen LogP contribution in [0.15, 0.2) is 29.2 Å². The predicted molar refractivity (Wildman–Crippen MR) is 97.2 cm³/mol. The molecule has 8 heteroatoms. The van der Waals surface area contributed by atoms with Crippen molar-refractivity contribution in [3.05, 3.63) is 29.8 Å². The molecular formula is C18H26N2O5S. The molecule has 1 aromatic carbocycles. The molecule has 26 heavy (non-hydrogen) atoms. The Morgan fingerprint density at radius 3 is 2.38 bits per heavy atom. The molecule has 1 aliphatic rings. The van der Waals surface area contributed by atoms with Gasteiger partial charge in [-0.3, -0.25) is 4.79 Å². The molecule has 1 aromatic rings. The highest BCUT2D eigenvalue weighted by atomic mass is 32.2. The fourth-order valence-electron chi connectivity index (χ4n) is 2.88. The number of ether oxygens (including phenoxy) is 1. The van der Waals surface area contributed by atoms with Gasteiger partial charge in [0.1, 0.15) is 0 Å². The van der Waals surface area contributed by atoms with Gasteiger partial charge in [0.25, 0.3) is 5.91 Å². The van der Waals surface area contributed by atoms with Crippen LogP contribution in [0, 0.1) is 0 Å². The number of carbonyl (C=O) groups excluding carboxylic acids is 2. The molecule has 1 saturated heterocycles. The van der Waals surface area contributed by atoms with E-state index in [2.05, 4.69) is 5.32 Å². The Morgan fingerprint density at radius 2 is 1.81 bits per heavy atom. The van der Waals surface area contributed by atoms with Gasteiger partial charge in [-0.05, 0) is 50.5 Å². The highest BCUT2D eigenvalue weighted by molar-refractivity contribution is 7.89. The van der Waals surface area contributed by atoms with E-state index < -0.39 is 16.0 Å². The summed E-state index contributed by atoms with van der Waals surface area (Å²) >= 11 is 0. The second-order valence-electron chi connectivity index (χ2n) is 6.47. The average Bonchev–Trinajstić information content (AvgIpc) is 3.15. The van der Waals surface area contributed by atoms with E-state index >= 15 is 0 Å². The molecule has 0 spiro atoms. The molecule has 1 amide bonds. The Balaban J connectivity index is 1.91. The van der Waals surface area contributed by atoms with Gasteiger partial charge in [-0.1, -0.05) is 13.3 Å². The molecule has 1 aliphatic heterocycles. The molecule has 1 heterocycles. The molecule has 0 radical (unpaired) electrons. The lowest BCUT2D eigenvalue weighted by Crippen LogP contribution is -2.35. The van der Waals surface area contributed by atoms with Crippen molar-refractivity contribution in [3.63, 3.8) is 0 Å². The predicted octanol–water partition coefficient (Wildman–Crippen LogP) is 1.93. The van der Waals surface area contributed by atoms with Crippen LogP contribution in [0.2, 0.25) is 0 Å². The van der Waals surface area contributed by atoms with Gasteiger partial charge in [0, 0.05) is 19.1 Å².